The van der Waals surface area contributed by atoms with Crippen molar-refractivity contribution in [2.75, 3.05) is 29.4 Å². The van der Waals surface area contributed by atoms with Gasteiger partial charge in [0.25, 0.3) is 0 Å². The van der Waals surface area contributed by atoms with E-state index in [1.54, 1.807) is 11.8 Å². The van der Waals surface area contributed by atoms with Gasteiger partial charge in [-0.2, -0.15) is 0 Å². The van der Waals surface area contributed by atoms with Crippen molar-refractivity contribution >= 4 is 23.2 Å². The van der Waals surface area contributed by atoms with Crippen molar-refractivity contribution in [2.24, 2.45) is 0 Å². The van der Waals surface area contributed by atoms with Gasteiger partial charge in [0.1, 0.15) is 0 Å². The molecule has 0 heterocycles. The van der Waals surface area contributed by atoms with Crippen LogP contribution in [-0.4, -0.2) is 37.5 Å². The van der Waals surface area contributed by atoms with Crippen molar-refractivity contribution < 1.29 is 9.59 Å². The average Bonchev–Trinajstić information content (AvgIpc) is 2.57. The van der Waals surface area contributed by atoms with E-state index in [-0.39, 0.29) is 17.9 Å². The van der Waals surface area contributed by atoms with E-state index in [1.165, 1.54) is 0 Å². The van der Waals surface area contributed by atoms with E-state index in [9.17, 15) is 9.59 Å². The number of hydrogen-bond donors (Lipinski definition) is 1. The molecule has 2 amide bonds. The van der Waals surface area contributed by atoms with Crippen LogP contribution in [-0.2, 0) is 9.59 Å². The molecule has 0 aliphatic carbocycles. The molecule has 1 aromatic rings. The topological polar surface area (TPSA) is 52.7 Å². The Hall–Kier alpha value is -2.04. The first kappa shape index (κ1) is 21.0. The third-order valence-electron chi connectivity index (χ3n) is 4.56. The SMILES string of the molecule is CCC(C)NC(=O)CCN(C(C)=O)c1ccc(N(CC)CC)cc1C. The summed E-state index contributed by atoms with van der Waals surface area (Å²) >= 11 is 0. The van der Waals surface area contributed by atoms with Crippen LogP contribution in [0, 0.1) is 6.92 Å². The molecule has 0 fully saturated rings. The summed E-state index contributed by atoms with van der Waals surface area (Å²) in [4.78, 5) is 28.1. The molecule has 0 bridgehead atoms. The zero-order chi connectivity index (χ0) is 19.0. The third kappa shape index (κ3) is 6.07. The van der Waals surface area contributed by atoms with Crippen molar-refractivity contribution in [3.63, 3.8) is 0 Å². The Labute approximate surface area is 152 Å². The number of anilines is 2. The van der Waals surface area contributed by atoms with Gasteiger partial charge in [-0.25, -0.2) is 0 Å². The average molecular weight is 348 g/mol. The molecule has 1 atom stereocenters. The predicted molar refractivity (Wildman–Crippen MR) is 105 cm³/mol. The van der Waals surface area contributed by atoms with Crippen molar-refractivity contribution in [2.45, 2.75) is 60.4 Å². The second-order valence-corrected chi connectivity index (χ2v) is 6.44. The monoisotopic (exact) mass is 347 g/mol. The zero-order valence-electron chi connectivity index (χ0n) is 16.6. The Bertz CT molecular complexity index is 582. The van der Waals surface area contributed by atoms with Gasteiger partial charge in [-0.05, 0) is 57.9 Å². The van der Waals surface area contributed by atoms with Crippen LogP contribution in [0.15, 0.2) is 18.2 Å². The van der Waals surface area contributed by atoms with E-state index in [4.69, 9.17) is 0 Å². The Morgan fingerprint density at radius 3 is 2.28 bits per heavy atom. The summed E-state index contributed by atoms with van der Waals surface area (Å²) in [5.41, 5.74) is 3.07. The Morgan fingerprint density at radius 2 is 1.80 bits per heavy atom. The summed E-state index contributed by atoms with van der Waals surface area (Å²) in [5, 5.41) is 2.95. The smallest absolute Gasteiger partial charge is 0.223 e. The van der Waals surface area contributed by atoms with E-state index in [1.807, 2.05) is 32.9 Å². The van der Waals surface area contributed by atoms with Gasteiger partial charge in [0, 0.05) is 50.4 Å². The molecule has 5 heteroatoms. The number of nitrogens with zero attached hydrogens (tertiary/aromatic N) is 2. The van der Waals surface area contributed by atoms with Crippen LogP contribution in [0.2, 0.25) is 0 Å². The summed E-state index contributed by atoms with van der Waals surface area (Å²) in [6, 6.07) is 6.30. The Balaban J connectivity index is 2.89. The van der Waals surface area contributed by atoms with Gasteiger partial charge in [0.15, 0.2) is 0 Å². The van der Waals surface area contributed by atoms with E-state index in [0.29, 0.717) is 13.0 Å². The molecule has 1 unspecified atom stereocenters. The number of carbonyl (C=O) groups excluding carboxylic acids is 2. The van der Waals surface area contributed by atoms with Crippen LogP contribution >= 0.6 is 0 Å². The minimum Gasteiger partial charge on any atom is -0.372 e. The van der Waals surface area contributed by atoms with Crippen LogP contribution in [0.4, 0.5) is 11.4 Å². The maximum absolute atomic E-state index is 12.1. The number of rotatable bonds is 9. The molecule has 5 nitrogen and oxygen atoms in total. The summed E-state index contributed by atoms with van der Waals surface area (Å²) in [7, 11) is 0. The van der Waals surface area contributed by atoms with Crippen LogP contribution in [0.1, 0.15) is 53.0 Å². The molecule has 0 saturated carbocycles. The fourth-order valence-corrected chi connectivity index (χ4v) is 2.84. The highest BCUT2D eigenvalue weighted by Crippen LogP contribution is 2.26. The zero-order valence-corrected chi connectivity index (χ0v) is 16.6. The van der Waals surface area contributed by atoms with Gasteiger partial charge >= 0.3 is 0 Å². The largest absolute Gasteiger partial charge is 0.372 e. The lowest BCUT2D eigenvalue weighted by molar-refractivity contribution is -0.121. The highest BCUT2D eigenvalue weighted by atomic mass is 16.2. The van der Waals surface area contributed by atoms with Gasteiger partial charge in [-0.1, -0.05) is 6.92 Å². The van der Waals surface area contributed by atoms with Gasteiger partial charge < -0.3 is 15.1 Å². The molecule has 140 valence electrons. The number of benzene rings is 1. The molecule has 1 N–H and O–H groups in total. The fourth-order valence-electron chi connectivity index (χ4n) is 2.84. The molecule has 25 heavy (non-hydrogen) atoms. The first-order chi connectivity index (χ1) is 11.8. The lowest BCUT2D eigenvalue weighted by atomic mass is 10.1. The number of carbonyl (C=O) groups is 2. The highest BCUT2D eigenvalue weighted by Gasteiger charge is 2.17. The fraction of sp³-hybridized carbons (Fsp3) is 0.600. The molecule has 0 aliphatic rings. The lowest BCUT2D eigenvalue weighted by Crippen LogP contribution is -2.37. The van der Waals surface area contributed by atoms with Crippen LogP contribution in [0.25, 0.3) is 0 Å². The maximum Gasteiger partial charge on any atom is 0.223 e. The summed E-state index contributed by atoms with van der Waals surface area (Å²) in [6.45, 7) is 14.1. The van der Waals surface area contributed by atoms with Gasteiger partial charge in [-0.15, -0.1) is 0 Å². The minimum absolute atomic E-state index is 0.0157. The van der Waals surface area contributed by atoms with Crippen molar-refractivity contribution in [3.05, 3.63) is 23.8 Å². The lowest BCUT2D eigenvalue weighted by Gasteiger charge is -2.26. The molecular weight excluding hydrogens is 314 g/mol. The highest BCUT2D eigenvalue weighted by molar-refractivity contribution is 5.93. The molecule has 1 rings (SSSR count). The second kappa shape index (κ2) is 10.1. The summed E-state index contributed by atoms with van der Waals surface area (Å²) < 4.78 is 0. The first-order valence-corrected chi connectivity index (χ1v) is 9.26. The van der Waals surface area contributed by atoms with Gasteiger partial charge in [0.2, 0.25) is 11.8 Å². The molecular formula is C20H33N3O2. The van der Waals surface area contributed by atoms with Crippen LogP contribution < -0.4 is 15.1 Å². The Morgan fingerprint density at radius 1 is 1.16 bits per heavy atom. The second-order valence-electron chi connectivity index (χ2n) is 6.44. The molecule has 0 aliphatic heterocycles. The summed E-state index contributed by atoms with van der Waals surface area (Å²) in [5.74, 6) is -0.0620. The van der Waals surface area contributed by atoms with Crippen LogP contribution in [0.3, 0.4) is 0 Å². The van der Waals surface area contributed by atoms with E-state index >= 15 is 0 Å². The van der Waals surface area contributed by atoms with Gasteiger partial charge in [0.05, 0.1) is 0 Å². The minimum atomic E-state index is -0.0463. The summed E-state index contributed by atoms with van der Waals surface area (Å²) in [6.07, 6.45) is 1.20. The Kier molecular flexibility index (Phi) is 8.46. The number of hydrogen-bond acceptors (Lipinski definition) is 3. The molecule has 1 aromatic carbocycles. The number of nitrogens with one attached hydrogen (secondary N) is 1. The molecule has 0 spiro atoms. The normalized spacial score (nSPS) is 11.8. The molecule has 0 saturated heterocycles. The van der Waals surface area contributed by atoms with Crippen molar-refractivity contribution in [1.29, 1.82) is 0 Å². The predicted octanol–water partition coefficient (Wildman–Crippen LogP) is 3.50. The van der Waals surface area contributed by atoms with E-state index in [0.717, 1.165) is 36.4 Å². The van der Waals surface area contributed by atoms with Crippen molar-refractivity contribution in [3.8, 4) is 0 Å². The van der Waals surface area contributed by atoms with Crippen molar-refractivity contribution in [1.82, 2.24) is 5.32 Å². The standard InChI is InChI=1S/C20H33N3O2/c1-7-16(5)21-20(25)12-13-23(17(6)24)19-11-10-18(14-15(19)4)22(8-2)9-3/h10-11,14,16H,7-9,12-13H2,1-6H3,(H,21,25). The maximum atomic E-state index is 12.1. The molecule has 0 aromatic heterocycles. The number of amides is 2. The quantitative estimate of drug-likeness (QED) is 0.744. The van der Waals surface area contributed by atoms with Gasteiger partial charge in [-0.3, -0.25) is 9.59 Å². The van der Waals surface area contributed by atoms with E-state index in [2.05, 4.69) is 30.1 Å². The van der Waals surface area contributed by atoms with Crippen LogP contribution in [0.5, 0.6) is 0 Å². The first-order valence-electron chi connectivity index (χ1n) is 9.26. The van der Waals surface area contributed by atoms with E-state index < -0.39 is 0 Å². The number of aryl methyl sites for hydroxylation is 1. The third-order valence-corrected chi connectivity index (χ3v) is 4.56. The molecule has 0 radical (unpaired) electrons.